The number of likely N-dealkylation sites (tertiary alicyclic amines) is 1. The highest BCUT2D eigenvalue weighted by molar-refractivity contribution is 5.96. The number of benzene rings is 2. The average Bonchev–Trinajstić information content (AvgIpc) is 2.84. The van der Waals surface area contributed by atoms with Crippen LogP contribution in [0.15, 0.2) is 53.2 Å². The van der Waals surface area contributed by atoms with E-state index >= 15 is 0 Å². The second kappa shape index (κ2) is 10.7. The number of allylic oxidation sites excluding steroid dienone is 1. The Morgan fingerprint density at radius 3 is 2.59 bits per heavy atom. The van der Waals surface area contributed by atoms with Crippen LogP contribution in [0.2, 0.25) is 0 Å². The molecule has 0 spiro atoms. The predicted molar refractivity (Wildman–Crippen MR) is 134 cm³/mol. The SMILES string of the molecule is C/C(N=CCC1CCOCC1)=C(/N)c1cc(C(=O)N2CC(c3ccc(C#N)cc3)C2)ccc1C. The summed E-state index contributed by atoms with van der Waals surface area (Å²) in [6.45, 7) is 6.94. The van der Waals surface area contributed by atoms with E-state index in [0.29, 0.717) is 41.7 Å². The van der Waals surface area contributed by atoms with Crippen molar-refractivity contribution in [3.05, 3.63) is 76.0 Å². The summed E-state index contributed by atoms with van der Waals surface area (Å²) in [5.74, 6) is 0.942. The Morgan fingerprint density at radius 1 is 1.21 bits per heavy atom. The van der Waals surface area contributed by atoms with Crippen molar-refractivity contribution in [3.63, 3.8) is 0 Å². The zero-order valence-electron chi connectivity index (χ0n) is 20.0. The van der Waals surface area contributed by atoms with E-state index in [1.165, 1.54) is 0 Å². The molecule has 176 valence electrons. The first-order chi connectivity index (χ1) is 16.5. The summed E-state index contributed by atoms with van der Waals surface area (Å²) in [7, 11) is 0. The zero-order valence-corrected chi connectivity index (χ0v) is 20.0. The Balaban J connectivity index is 1.41. The first-order valence-electron chi connectivity index (χ1n) is 11.9. The molecule has 0 aliphatic carbocycles. The maximum Gasteiger partial charge on any atom is 0.253 e. The number of rotatable bonds is 6. The Bertz CT molecular complexity index is 1130. The van der Waals surface area contributed by atoms with Crippen LogP contribution >= 0.6 is 0 Å². The molecule has 2 N–H and O–H groups in total. The second-order valence-electron chi connectivity index (χ2n) is 9.27. The lowest BCUT2D eigenvalue weighted by atomic mass is 9.90. The van der Waals surface area contributed by atoms with Crippen molar-refractivity contribution in [1.29, 1.82) is 5.26 Å². The van der Waals surface area contributed by atoms with Crippen molar-refractivity contribution in [2.45, 2.75) is 39.0 Å². The molecule has 0 radical (unpaired) electrons. The molecule has 2 aromatic rings. The monoisotopic (exact) mass is 456 g/mol. The minimum absolute atomic E-state index is 0.0135. The van der Waals surface area contributed by atoms with Crippen molar-refractivity contribution in [1.82, 2.24) is 4.90 Å². The number of ether oxygens (including phenoxy) is 1. The number of nitrogens with zero attached hydrogens (tertiary/aromatic N) is 3. The molecule has 0 atom stereocenters. The summed E-state index contributed by atoms with van der Waals surface area (Å²) in [6.07, 6.45) is 5.05. The lowest BCUT2D eigenvalue weighted by Gasteiger charge is -2.39. The van der Waals surface area contributed by atoms with Crippen LogP contribution in [-0.2, 0) is 4.74 Å². The number of aryl methyl sites for hydroxylation is 1. The molecule has 0 saturated carbocycles. The summed E-state index contributed by atoms with van der Waals surface area (Å²) in [6, 6.07) is 15.5. The normalized spacial score (nSPS) is 17.9. The lowest BCUT2D eigenvalue weighted by molar-refractivity contribution is 0.0602. The average molecular weight is 457 g/mol. The third-order valence-corrected chi connectivity index (χ3v) is 6.91. The second-order valence-corrected chi connectivity index (χ2v) is 9.27. The van der Waals surface area contributed by atoms with E-state index in [2.05, 4.69) is 11.1 Å². The summed E-state index contributed by atoms with van der Waals surface area (Å²) in [4.78, 5) is 19.6. The van der Waals surface area contributed by atoms with E-state index in [1.54, 1.807) is 0 Å². The molecule has 0 unspecified atom stereocenters. The van der Waals surface area contributed by atoms with Gasteiger partial charge in [-0.25, -0.2) is 0 Å². The van der Waals surface area contributed by atoms with Gasteiger partial charge in [0.05, 0.1) is 23.0 Å². The topological polar surface area (TPSA) is 91.7 Å². The molecule has 2 aliphatic rings. The quantitative estimate of drug-likeness (QED) is 0.641. The molecule has 6 nitrogen and oxygen atoms in total. The highest BCUT2D eigenvalue weighted by atomic mass is 16.5. The molecule has 2 aromatic carbocycles. The van der Waals surface area contributed by atoms with Crippen molar-refractivity contribution >= 4 is 17.8 Å². The minimum atomic E-state index is 0.0135. The molecule has 6 heteroatoms. The molecule has 2 fully saturated rings. The number of hydrogen-bond donors (Lipinski definition) is 1. The maximum atomic E-state index is 13.1. The van der Waals surface area contributed by atoms with Gasteiger partial charge in [0, 0.05) is 49.6 Å². The molecule has 2 saturated heterocycles. The fraction of sp³-hybridized carbons (Fsp3) is 0.393. The number of hydrogen-bond acceptors (Lipinski definition) is 5. The summed E-state index contributed by atoms with van der Waals surface area (Å²) < 4.78 is 5.42. The van der Waals surface area contributed by atoms with Crippen LogP contribution < -0.4 is 5.73 Å². The fourth-order valence-electron chi connectivity index (χ4n) is 4.50. The van der Waals surface area contributed by atoms with Crippen molar-refractivity contribution < 1.29 is 9.53 Å². The molecule has 2 aliphatic heterocycles. The number of aliphatic imine (C=N–C) groups is 1. The van der Waals surface area contributed by atoms with Gasteiger partial charge in [-0.1, -0.05) is 18.2 Å². The molecular formula is C28H32N4O2. The molecule has 0 bridgehead atoms. The fourth-order valence-corrected chi connectivity index (χ4v) is 4.50. The van der Waals surface area contributed by atoms with Crippen LogP contribution in [0.3, 0.4) is 0 Å². The molecule has 4 rings (SSSR count). The van der Waals surface area contributed by atoms with Gasteiger partial charge in [-0.3, -0.25) is 9.79 Å². The van der Waals surface area contributed by atoms with E-state index < -0.39 is 0 Å². The lowest BCUT2D eigenvalue weighted by Crippen LogP contribution is -2.48. The minimum Gasteiger partial charge on any atom is -0.397 e. The Kier molecular flexibility index (Phi) is 7.44. The molecule has 0 aromatic heterocycles. The van der Waals surface area contributed by atoms with Crippen LogP contribution in [0, 0.1) is 24.2 Å². The summed E-state index contributed by atoms with van der Waals surface area (Å²) in [5.41, 5.74) is 12.2. The van der Waals surface area contributed by atoms with Gasteiger partial charge in [0.25, 0.3) is 5.91 Å². The number of nitriles is 1. The molecule has 1 amide bonds. The Labute approximate surface area is 201 Å². The number of nitrogens with two attached hydrogens (primary N) is 1. The van der Waals surface area contributed by atoms with E-state index in [4.69, 9.17) is 15.7 Å². The molecule has 34 heavy (non-hydrogen) atoms. The van der Waals surface area contributed by atoms with Crippen molar-refractivity contribution in [3.8, 4) is 6.07 Å². The maximum absolute atomic E-state index is 13.1. The summed E-state index contributed by atoms with van der Waals surface area (Å²) >= 11 is 0. The van der Waals surface area contributed by atoms with Crippen LogP contribution in [0.5, 0.6) is 0 Å². The van der Waals surface area contributed by atoms with Crippen LogP contribution in [0.25, 0.3) is 5.70 Å². The number of amides is 1. The van der Waals surface area contributed by atoms with E-state index in [0.717, 1.165) is 54.9 Å². The zero-order chi connectivity index (χ0) is 24.1. The van der Waals surface area contributed by atoms with E-state index in [-0.39, 0.29) is 5.91 Å². The smallest absolute Gasteiger partial charge is 0.253 e. The van der Waals surface area contributed by atoms with Gasteiger partial charge in [-0.2, -0.15) is 5.26 Å². The highest BCUT2D eigenvalue weighted by Crippen LogP contribution is 2.29. The van der Waals surface area contributed by atoms with Crippen molar-refractivity contribution in [2.24, 2.45) is 16.6 Å². The van der Waals surface area contributed by atoms with Gasteiger partial charge in [-0.15, -0.1) is 0 Å². The van der Waals surface area contributed by atoms with Crippen molar-refractivity contribution in [2.75, 3.05) is 26.3 Å². The van der Waals surface area contributed by atoms with Gasteiger partial charge >= 0.3 is 0 Å². The predicted octanol–water partition coefficient (Wildman–Crippen LogP) is 4.64. The van der Waals surface area contributed by atoms with Gasteiger partial charge < -0.3 is 15.4 Å². The third-order valence-electron chi connectivity index (χ3n) is 6.91. The van der Waals surface area contributed by atoms with Crippen LogP contribution in [0.4, 0.5) is 0 Å². The number of carbonyl (C=O) groups excluding carboxylic acids is 1. The largest absolute Gasteiger partial charge is 0.397 e. The van der Waals surface area contributed by atoms with Crippen LogP contribution in [-0.4, -0.2) is 43.3 Å². The van der Waals surface area contributed by atoms with Gasteiger partial charge in [0.1, 0.15) is 0 Å². The van der Waals surface area contributed by atoms with Gasteiger partial charge in [0.2, 0.25) is 0 Å². The Hall–Kier alpha value is -3.43. The van der Waals surface area contributed by atoms with E-state index in [9.17, 15) is 4.79 Å². The highest BCUT2D eigenvalue weighted by Gasteiger charge is 2.32. The summed E-state index contributed by atoms with van der Waals surface area (Å²) in [5, 5.41) is 8.96. The standard InChI is InChI=1S/C28H32N4O2/c1-19-3-6-24(28(33)32-17-25(18-32)23-7-4-22(16-29)5-8-23)15-26(19)27(30)20(2)31-12-9-21-10-13-34-14-11-21/h3-8,12,15,21,25H,9-11,13-14,17-18,30H2,1-2H3/b27-20-,31-12?. The van der Waals surface area contributed by atoms with Gasteiger partial charge in [0.15, 0.2) is 0 Å². The third kappa shape index (κ3) is 5.37. The van der Waals surface area contributed by atoms with E-state index in [1.807, 2.05) is 67.4 Å². The Morgan fingerprint density at radius 2 is 1.91 bits per heavy atom. The number of carbonyl (C=O) groups is 1. The first-order valence-corrected chi connectivity index (χ1v) is 11.9. The van der Waals surface area contributed by atoms with Crippen LogP contribution in [0.1, 0.15) is 64.7 Å². The van der Waals surface area contributed by atoms with Gasteiger partial charge in [-0.05, 0) is 74.4 Å². The molecular weight excluding hydrogens is 424 g/mol. The first kappa shape index (κ1) is 23.7. The molecule has 2 heterocycles.